The minimum absolute atomic E-state index is 0.279. The maximum Gasteiger partial charge on any atom is 0.147 e. The van der Waals surface area contributed by atoms with E-state index in [2.05, 4.69) is 44.3 Å². The Hall–Kier alpha value is -0.870. The quantitative estimate of drug-likeness (QED) is 0.802. The molecule has 1 aromatic rings. The standard InChI is InChI=1S/C16H27NO2S/c1-5-17-16(7-6-10-20(4,18)19)12-15-11-13(2)8-9-14(15)3/h8-9,11,16-17H,5-7,10,12H2,1-4H3. The Balaban J connectivity index is 2.64. The van der Waals surface area contributed by atoms with Gasteiger partial charge in [0, 0.05) is 18.1 Å². The van der Waals surface area contributed by atoms with Crippen molar-refractivity contribution in [1.29, 1.82) is 0 Å². The zero-order valence-electron chi connectivity index (χ0n) is 13.1. The highest BCUT2D eigenvalue weighted by Gasteiger charge is 2.12. The van der Waals surface area contributed by atoms with Gasteiger partial charge in [0.1, 0.15) is 9.84 Å². The number of sulfone groups is 1. The van der Waals surface area contributed by atoms with Crippen molar-refractivity contribution in [3.63, 3.8) is 0 Å². The van der Waals surface area contributed by atoms with Crippen LogP contribution in [0.15, 0.2) is 18.2 Å². The molecule has 0 saturated carbocycles. The van der Waals surface area contributed by atoms with Gasteiger partial charge in [-0.1, -0.05) is 30.7 Å². The van der Waals surface area contributed by atoms with Gasteiger partial charge in [0.05, 0.1) is 0 Å². The normalized spacial score (nSPS) is 13.4. The highest BCUT2D eigenvalue weighted by atomic mass is 32.2. The number of benzene rings is 1. The molecular formula is C16H27NO2S. The van der Waals surface area contributed by atoms with E-state index in [1.54, 1.807) is 0 Å². The van der Waals surface area contributed by atoms with E-state index in [1.165, 1.54) is 22.9 Å². The summed E-state index contributed by atoms with van der Waals surface area (Å²) >= 11 is 0. The molecule has 0 saturated heterocycles. The van der Waals surface area contributed by atoms with Gasteiger partial charge in [0.15, 0.2) is 0 Å². The first kappa shape index (κ1) is 17.2. The van der Waals surface area contributed by atoms with Gasteiger partial charge in [0.25, 0.3) is 0 Å². The molecule has 1 aromatic carbocycles. The lowest BCUT2D eigenvalue weighted by atomic mass is 9.97. The van der Waals surface area contributed by atoms with E-state index in [0.29, 0.717) is 6.04 Å². The molecule has 1 unspecified atom stereocenters. The second-order valence-electron chi connectivity index (χ2n) is 5.66. The van der Waals surface area contributed by atoms with Crippen LogP contribution in [0.2, 0.25) is 0 Å². The summed E-state index contributed by atoms with van der Waals surface area (Å²) in [6.07, 6.45) is 3.89. The summed E-state index contributed by atoms with van der Waals surface area (Å²) in [6.45, 7) is 7.24. The lowest BCUT2D eigenvalue weighted by Gasteiger charge is -2.19. The molecule has 0 radical (unpaired) electrons. The molecule has 0 bridgehead atoms. The third kappa shape index (κ3) is 6.53. The highest BCUT2D eigenvalue weighted by Crippen LogP contribution is 2.15. The van der Waals surface area contributed by atoms with Gasteiger partial charge >= 0.3 is 0 Å². The molecule has 0 aliphatic rings. The average molecular weight is 297 g/mol. The number of hydrogen-bond acceptors (Lipinski definition) is 3. The number of likely N-dealkylation sites (N-methyl/N-ethyl adjacent to an activating group) is 1. The van der Waals surface area contributed by atoms with Crippen LogP contribution in [-0.2, 0) is 16.3 Å². The average Bonchev–Trinajstić information content (AvgIpc) is 2.32. The summed E-state index contributed by atoms with van der Waals surface area (Å²) in [5, 5.41) is 3.47. The van der Waals surface area contributed by atoms with E-state index < -0.39 is 9.84 Å². The van der Waals surface area contributed by atoms with Gasteiger partial charge in [-0.25, -0.2) is 8.42 Å². The molecule has 0 amide bonds. The topological polar surface area (TPSA) is 46.2 Å². The van der Waals surface area contributed by atoms with Crippen molar-refractivity contribution in [1.82, 2.24) is 5.32 Å². The fourth-order valence-electron chi connectivity index (χ4n) is 2.44. The van der Waals surface area contributed by atoms with E-state index in [9.17, 15) is 8.42 Å². The third-order valence-electron chi connectivity index (χ3n) is 3.53. The number of rotatable bonds is 8. The van der Waals surface area contributed by atoms with Crippen molar-refractivity contribution in [3.8, 4) is 0 Å². The summed E-state index contributed by atoms with van der Waals surface area (Å²) in [7, 11) is -2.85. The number of hydrogen-bond donors (Lipinski definition) is 1. The van der Waals surface area contributed by atoms with Crippen molar-refractivity contribution in [2.75, 3.05) is 18.6 Å². The van der Waals surface area contributed by atoms with Crippen LogP contribution in [0.4, 0.5) is 0 Å². The minimum atomic E-state index is -2.85. The SMILES string of the molecule is CCNC(CCCS(C)(=O)=O)Cc1cc(C)ccc1C. The monoisotopic (exact) mass is 297 g/mol. The number of aryl methyl sites for hydroxylation is 2. The Bertz CT molecular complexity index is 523. The Labute approximate surface area is 123 Å². The Morgan fingerprint density at radius 1 is 1.25 bits per heavy atom. The zero-order valence-corrected chi connectivity index (χ0v) is 13.9. The van der Waals surface area contributed by atoms with Gasteiger partial charge in [0.2, 0.25) is 0 Å². The third-order valence-corrected chi connectivity index (χ3v) is 4.56. The maximum atomic E-state index is 11.2. The molecule has 0 spiro atoms. The van der Waals surface area contributed by atoms with E-state index >= 15 is 0 Å². The first-order valence-electron chi connectivity index (χ1n) is 7.29. The maximum absolute atomic E-state index is 11.2. The minimum Gasteiger partial charge on any atom is -0.314 e. The van der Waals surface area contributed by atoms with E-state index in [1.807, 2.05) is 0 Å². The smallest absolute Gasteiger partial charge is 0.147 e. The van der Waals surface area contributed by atoms with Crippen molar-refractivity contribution in [3.05, 3.63) is 34.9 Å². The first-order valence-corrected chi connectivity index (χ1v) is 9.35. The Morgan fingerprint density at radius 3 is 2.55 bits per heavy atom. The van der Waals surface area contributed by atoms with Crippen LogP contribution in [0.3, 0.4) is 0 Å². The van der Waals surface area contributed by atoms with Gasteiger partial charge in [-0.3, -0.25) is 0 Å². The highest BCUT2D eigenvalue weighted by molar-refractivity contribution is 7.90. The summed E-state index contributed by atoms with van der Waals surface area (Å²) < 4.78 is 22.4. The van der Waals surface area contributed by atoms with Crippen LogP contribution in [0.1, 0.15) is 36.5 Å². The molecule has 20 heavy (non-hydrogen) atoms. The van der Waals surface area contributed by atoms with Gasteiger partial charge in [-0.15, -0.1) is 0 Å². The molecule has 0 heterocycles. The van der Waals surface area contributed by atoms with Crippen LogP contribution in [0.25, 0.3) is 0 Å². The molecule has 1 N–H and O–H groups in total. The Morgan fingerprint density at radius 2 is 1.95 bits per heavy atom. The van der Waals surface area contributed by atoms with E-state index in [-0.39, 0.29) is 5.75 Å². The van der Waals surface area contributed by atoms with Crippen molar-refractivity contribution in [2.45, 2.75) is 46.1 Å². The molecular weight excluding hydrogens is 270 g/mol. The molecule has 0 fully saturated rings. The molecule has 0 aromatic heterocycles. The van der Waals surface area contributed by atoms with E-state index in [4.69, 9.17) is 0 Å². The van der Waals surface area contributed by atoms with Gasteiger partial charge in [-0.2, -0.15) is 0 Å². The largest absolute Gasteiger partial charge is 0.314 e. The second kappa shape index (κ2) is 7.79. The summed E-state index contributed by atoms with van der Waals surface area (Å²) in [5.41, 5.74) is 3.94. The molecule has 1 rings (SSSR count). The summed E-state index contributed by atoms with van der Waals surface area (Å²) in [4.78, 5) is 0. The Kier molecular flexibility index (Phi) is 6.69. The molecule has 0 aliphatic heterocycles. The molecule has 114 valence electrons. The van der Waals surface area contributed by atoms with Crippen LogP contribution in [-0.4, -0.2) is 33.0 Å². The molecule has 3 nitrogen and oxygen atoms in total. The predicted octanol–water partition coefficient (Wildman–Crippen LogP) is 2.65. The fraction of sp³-hybridized carbons (Fsp3) is 0.625. The fourth-order valence-corrected chi connectivity index (χ4v) is 3.13. The van der Waals surface area contributed by atoms with Crippen molar-refractivity contribution >= 4 is 9.84 Å². The molecule has 0 aliphatic carbocycles. The van der Waals surface area contributed by atoms with Crippen LogP contribution >= 0.6 is 0 Å². The van der Waals surface area contributed by atoms with Crippen LogP contribution in [0, 0.1) is 13.8 Å². The van der Waals surface area contributed by atoms with E-state index in [0.717, 1.165) is 25.8 Å². The van der Waals surface area contributed by atoms with Crippen LogP contribution < -0.4 is 5.32 Å². The van der Waals surface area contributed by atoms with Gasteiger partial charge < -0.3 is 5.32 Å². The lowest BCUT2D eigenvalue weighted by Crippen LogP contribution is -2.31. The summed E-state index contributed by atoms with van der Waals surface area (Å²) in [5.74, 6) is 0.279. The second-order valence-corrected chi connectivity index (χ2v) is 7.92. The van der Waals surface area contributed by atoms with Gasteiger partial charge in [-0.05, 0) is 50.8 Å². The number of nitrogens with one attached hydrogen (secondary N) is 1. The molecule has 1 atom stereocenters. The van der Waals surface area contributed by atoms with Crippen molar-refractivity contribution in [2.24, 2.45) is 0 Å². The lowest BCUT2D eigenvalue weighted by molar-refractivity contribution is 0.484. The molecule has 4 heteroatoms. The first-order chi connectivity index (χ1) is 9.31. The van der Waals surface area contributed by atoms with Crippen LogP contribution in [0.5, 0.6) is 0 Å². The summed E-state index contributed by atoms with van der Waals surface area (Å²) in [6, 6.07) is 6.87. The zero-order chi connectivity index (χ0) is 15.2. The van der Waals surface area contributed by atoms with Crippen molar-refractivity contribution < 1.29 is 8.42 Å². The predicted molar refractivity (Wildman–Crippen MR) is 86.0 cm³/mol.